The van der Waals surface area contributed by atoms with Crippen molar-refractivity contribution in [2.75, 3.05) is 0 Å². The van der Waals surface area contributed by atoms with Gasteiger partial charge in [-0.1, -0.05) is 109 Å². The van der Waals surface area contributed by atoms with Crippen molar-refractivity contribution in [2.24, 2.45) is 0 Å². The van der Waals surface area contributed by atoms with Gasteiger partial charge in [0.2, 0.25) is 0 Å². The van der Waals surface area contributed by atoms with Crippen molar-refractivity contribution in [3.8, 4) is 0 Å². The summed E-state index contributed by atoms with van der Waals surface area (Å²) in [7, 11) is 0. The lowest BCUT2D eigenvalue weighted by Gasteiger charge is -2.25. The Balaban J connectivity index is 1.21. The summed E-state index contributed by atoms with van der Waals surface area (Å²) in [6.07, 6.45) is 3.01. The van der Waals surface area contributed by atoms with Crippen molar-refractivity contribution in [1.82, 2.24) is 4.90 Å². The number of carbonyl (C=O) groups excluding carboxylic acids is 2. The molecule has 3 nitrogen and oxygen atoms in total. The van der Waals surface area contributed by atoms with Gasteiger partial charge in [-0.15, -0.1) is 11.8 Å². The predicted octanol–water partition coefficient (Wildman–Crippen LogP) is 6.74. The lowest BCUT2D eigenvalue weighted by atomic mass is 10.0. The monoisotopic (exact) mass is 475 g/mol. The highest BCUT2D eigenvalue weighted by Gasteiger charge is 2.21. The van der Waals surface area contributed by atoms with E-state index in [0.717, 1.165) is 18.5 Å². The third-order valence-corrected chi connectivity index (χ3v) is 7.17. The van der Waals surface area contributed by atoms with Gasteiger partial charge >= 0.3 is 0 Å². The standard InChI is InChI=1S/C31H25NO2S/c33-30(25-7-3-1-4-8-25)27-15-11-23(12-16-27)21-29-32(19-20-35-29)22-24-13-17-28(18-14-24)31(34)26-9-5-2-6-10-26/h1-20,29H,21-22H2. The predicted molar refractivity (Wildman–Crippen MR) is 142 cm³/mol. The third kappa shape index (κ3) is 5.44. The van der Waals surface area contributed by atoms with Crippen LogP contribution < -0.4 is 0 Å². The molecule has 1 heterocycles. The molecule has 0 saturated carbocycles. The molecule has 0 saturated heterocycles. The molecule has 1 aliphatic heterocycles. The Morgan fingerprint density at radius 3 is 1.57 bits per heavy atom. The van der Waals surface area contributed by atoms with Gasteiger partial charge in [0, 0.05) is 41.4 Å². The molecule has 4 aromatic carbocycles. The van der Waals surface area contributed by atoms with Crippen LogP contribution in [0.3, 0.4) is 0 Å². The van der Waals surface area contributed by atoms with Crippen LogP contribution in [-0.2, 0) is 13.0 Å². The van der Waals surface area contributed by atoms with Crippen molar-refractivity contribution in [3.63, 3.8) is 0 Å². The summed E-state index contributed by atoms with van der Waals surface area (Å²) in [6, 6.07) is 34.6. The maximum atomic E-state index is 12.7. The Morgan fingerprint density at radius 2 is 1.06 bits per heavy atom. The molecule has 1 unspecified atom stereocenters. The summed E-state index contributed by atoms with van der Waals surface area (Å²) in [5.74, 6) is 0.0886. The lowest BCUT2D eigenvalue weighted by Crippen LogP contribution is -2.26. The molecule has 1 atom stereocenters. The summed E-state index contributed by atoms with van der Waals surface area (Å²) in [6.45, 7) is 0.776. The zero-order valence-electron chi connectivity index (χ0n) is 19.2. The van der Waals surface area contributed by atoms with Gasteiger partial charge in [-0.3, -0.25) is 9.59 Å². The van der Waals surface area contributed by atoms with Gasteiger partial charge in [0.1, 0.15) is 0 Å². The molecule has 35 heavy (non-hydrogen) atoms. The molecule has 0 radical (unpaired) electrons. The van der Waals surface area contributed by atoms with E-state index in [4.69, 9.17) is 0 Å². The van der Waals surface area contributed by atoms with Crippen LogP contribution in [0.15, 0.2) is 121 Å². The van der Waals surface area contributed by atoms with E-state index in [1.807, 2.05) is 97.1 Å². The van der Waals surface area contributed by atoms with Gasteiger partial charge in [-0.2, -0.15) is 0 Å². The quantitative estimate of drug-likeness (QED) is 0.265. The Kier molecular flexibility index (Phi) is 6.92. The van der Waals surface area contributed by atoms with Gasteiger partial charge in [-0.05, 0) is 16.5 Å². The van der Waals surface area contributed by atoms with Crippen LogP contribution in [0.5, 0.6) is 0 Å². The summed E-state index contributed by atoms with van der Waals surface area (Å²) in [5, 5.41) is 2.42. The van der Waals surface area contributed by atoms with Gasteiger partial charge in [0.05, 0.1) is 5.37 Å². The maximum absolute atomic E-state index is 12.7. The zero-order valence-corrected chi connectivity index (χ0v) is 20.0. The third-order valence-electron chi connectivity index (χ3n) is 6.14. The van der Waals surface area contributed by atoms with E-state index in [2.05, 4.69) is 28.6 Å². The number of thioether (sulfide) groups is 1. The van der Waals surface area contributed by atoms with Gasteiger partial charge < -0.3 is 4.90 Å². The number of hydrogen-bond donors (Lipinski definition) is 0. The second-order valence-corrected chi connectivity index (χ2v) is 9.62. The Morgan fingerprint density at radius 1 is 0.600 bits per heavy atom. The Labute approximate surface area is 210 Å². The molecule has 0 aliphatic carbocycles. The second-order valence-electron chi connectivity index (χ2n) is 8.54. The minimum Gasteiger partial charge on any atom is -0.360 e. The highest BCUT2D eigenvalue weighted by molar-refractivity contribution is 8.02. The van der Waals surface area contributed by atoms with Crippen LogP contribution in [0.1, 0.15) is 43.0 Å². The number of hydrogen-bond acceptors (Lipinski definition) is 4. The smallest absolute Gasteiger partial charge is 0.193 e. The van der Waals surface area contributed by atoms with Gasteiger partial charge in [0.15, 0.2) is 11.6 Å². The fourth-order valence-corrected chi connectivity index (χ4v) is 5.17. The molecule has 0 amide bonds. The second kappa shape index (κ2) is 10.6. The fourth-order valence-electron chi connectivity index (χ4n) is 4.18. The van der Waals surface area contributed by atoms with Gasteiger partial charge in [-0.25, -0.2) is 0 Å². The fraction of sp³-hybridized carbons (Fsp3) is 0.0968. The van der Waals surface area contributed by atoms with Crippen LogP contribution in [0.2, 0.25) is 0 Å². The van der Waals surface area contributed by atoms with E-state index in [1.54, 1.807) is 11.8 Å². The molecule has 4 heteroatoms. The van der Waals surface area contributed by atoms with Crippen LogP contribution in [-0.4, -0.2) is 21.8 Å². The lowest BCUT2D eigenvalue weighted by molar-refractivity contribution is 0.103. The normalized spacial score (nSPS) is 14.7. The summed E-state index contributed by atoms with van der Waals surface area (Å²) in [5.41, 5.74) is 5.18. The maximum Gasteiger partial charge on any atom is 0.193 e. The van der Waals surface area contributed by atoms with Crippen molar-refractivity contribution < 1.29 is 9.59 Å². The number of carbonyl (C=O) groups is 2. The summed E-state index contributed by atoms with van der Waals surface area (Å²) < 4.78 is 0. The number of benzene rings is 4. The molecule has 5 rings (SSSR count). The summed E-state index contributed by atoms with van der Waals surface area (Å²) in [4.78, 5) is 27.6. The van der Waals surface area contributed by atoms with Crippen molar-refractivity contribution in [3.05, 3.63) is 154 Å². The molecule has 0 aromatic heterocycles. The highest BCUT2D eigenvalue weighted by atomic mass is 32.2. The van der Waals surface area contributed by atoms with Crippen LogP contribution in [0, 0.1) is 0 Å². The molecule has 0 spiro atoms. The van der Waals surface area contributed by atoms with Crippen molar-refractivity contribution in [1.29, 1.82) is 0 Å². The average molecular weight is 476 g/mol. The first-order valence-electron chi connectivity index (χ1n) is 11.6. The van der Waals surface area contributed by atoms with E-state index in [0.29, 0.717) is 22.3 Å². The molecule has 0 N–H and O–H groups in total. The minimum atomic E-state index is 0.0424. The Bertz CT molecular complexity index is 1330. The topological polar surface area (TPSA) is 37.4 Å². The van der Waals surface area contributed by atoms with Gasteiger partial charge in [0.25, 0.3) is 0 Å². The number of ketones is 2. The van der Waals surface area contributed by atoms with Crippen molar-refractivity contribution in [2.45, 2.75) is 18.3 Å². The zero-order chi connectivity index (χ0) is 24.0. The molecule has 0 fully saturated rings. The molecule has 4 aromatic rings. The number of rotatable bonds is 8. The SMILES string of the molecule is O=C(c1ccccc1)c1ccc(CC2SC=CN2Cc2ccc(C(=O)c3ccccc3)cc2)cc1. The van der Waals surface area contributed by atoms with E-state index >= 15 is 0 Å². The molecular formula is C31H25NO2S. The van der Waals surface area contributed by atoms with E-state index in [1.165, 1.54) is 5.56 Å². The Hall–Kier alpha value is -3.89. The van der Waals surface area contributed by atoms with E-state index in [-0.39, 0.29) is 16.9 Å². The molecular weight excluding hydrogens is 450 g/mol. The molecule has 172 valence electrons. The highest BCUT2D eigenvalue weighted by Crippen LogP contribution is 2.30. The summed E-state index contributed by atoms with van der Waals surface area (Å²) >= 11 is 1.80. The van der Waals surface area contributed by atoms with Crippen LogP contribution in [0.4, 0.5) is 0 Å². The minimum absolute atomic E-state index is 0.0424. The van der Waals surface area contributed by atoms with Crippen LogP contribution >= 0.6 is 11.8 Å². The van der Waals surface area contributed by atoms with Crippen LogP contribution in [0.25, 0.3) is 0 Å². The van der Waals surface area contributed by atoms with E-state index < -0.39 is 0 Å². The largest absolute Gasteiger partial charge is 0.360 e. The molecule has 0 bridgehead atoms. The van der Waals surface area contributed by atoms with E-state index in [9.17, 15) is 9.59 Å². The number of nitrogens with zero attached hydrogens (tertiary/aromatic N) is 1. The first-order valence-corrected chi connectivity index (χ1v) is 12.6. The van der Waals surface area contributed by atoms with Crippen molar-refractivity contribution >= 4 is 23.3 Å². The first kappa shape index (κ1) is 22.9. The first-order chi connectivity index (χ1) is 17.2. The molecule has 1 aliphatic rings. The average Bonchev–Trinajstić information content (AvgIpc) is 3.36.